The molecule has 3 nitrogen and oxygen atoms in total. The highest BCUT2D eigenvalue weighted by Crippen LogP contribution is 2.28. The fourth-order valence-corrected chi connectivity index (χ4v) is 2.35. The summed E-state index contributed by atoms with van der Waals surface area (Å²) in [4.78, 5) is 8.77. The summed E-state index contributed by atoms with van der Waals surface area (Å²) in [5.74, 6) is 1.54. The maximum atomic E-state index is 6.15. The summed E-state index contributed by atoms with van der Waals surface area (Å²) in [6.07, 6.45) is 0. The van der Waals surface area contributed by atoms with Crippen molar-refractivity contribution >= 4 is 46.3 Å². The first-order chi connectivity index (χ1) is 9.36. The molecule has 20 heavy (non-hydrogen) atoms. The highest BCUT2D eigenvalue weighted by molar-refractivity contribution is 6.35. The van der Waals surface area contributed by atoms with Gasteiger partial charge in [0.2, 0.25) is 0 Å². The Morgan fingerprint density at radius 3 is 2.15 bits per heavy atom. The number of nitrogens with one attached hydrogen (secondary N) is 1. The molecule has 1 aromatic heterocycles. The van der Waals surface area contributed by atoms with Crippen LogP contribution in [-0.4, -0.2) is 9.97 Å². The van der Waals surface area contributed by atoms with Gasteiger partial charge in [0.15, 0.2) is 0 Å². The number of hydrogen-bond acceptors (Lipinski definition) is 3. The number of anilines is 2. The van der Waals surface area contributed by atoms with Crippen molar-refractivity contribution in [3.8, 4) is 0 Å². The second kappa shape index (κ2) is 6.17. The van der Waals surface area contributed by atoms with Gasteiger partial charge in [-0.15, -0.1) is 0 Å². The fraction of sp³-hybridized carbons (Fsp3) is 0.286. The lowest BCUT2D eigenvalue weighted by Gasteiger charge is -2.13. The van der Waals surface area contributed by atoms with E-state index in [9.17, 15) is 0 Å². The highest BCUT2D eigenvalue weighted by atomic mass is 35.5. The first-order valence-corrected chi connectivity index (χ1v) is 7.27. The largest absolute Gasteiger partial charge is 0.340 e. The van der Waals surface area contributed by atoms with Gasteiger partial charge in [-0.2, -0.15) is 0 Å². The van der Waals surface area contributed by atoms with E-state index in [2.05, 4.69) is 15.3 Å². The second-order valence-corrected chi connectivity index (χ2v) is 6.01. The minimum Gasteiger partial charge on any atom is -0.340 e. The Bertz CT molecular complexity index is 622. The molecule has 0 spiro atoms. The molecule has 1 N–H and O–H groups in total. The number of halogens is 3. The normalized spacial score (nSPS) is 10.9. The molecule has 0 aliphatic heterocycles. The molecule has 0 radical (unpaired) electrons. The van der Waals surface area contributed by atoms with Crippen LogP contribution in [0, 0.1) is 6.92 Å². The number of hydrogen-bond donors (Lipinski definition) is 1. The molecule has 0 unspecified atom stereocenters. The fourth-order valence-electron chi connectivity index (χ4n) is 1.65. The first kappa shape index (κ1) is 15.4. The van der Waals surface area contributed by atoms with Crippen molar-refractivity contribution in [3.63, 3.8) is 0 Å². The molecule has 0 saturated carbocycles. The molecular weight excluding hydrogens is 317 g/mol. The summed E-state index contributed by atoms with van der Waals surface area (Å²) in [6, 6.07) is 5.23. The van der Waals surface area contributed by atoms with Crippen LogP contribution < -0.4 is 5.32 Å². The summed E-state index contributed by atoms with van der Waals surface area (Å²) in [5, 5.41) is 4.74. The average Bonchev–Trinajstić information content (AvgIpc) is 2.33. The molecule has 6 heteroatoms. The van der Waals surface area contributed by atoms with E-state index in [4.69, 9.17) is 34.8 Å². The standard InChI is InChI=1S/C14H14Cl3N3/c1-7(2)13-19-12(17)8(3)14(20-13)18-11-5-9(15)4-10(16)6-11/h4-7H,1-3H3,(H,18,19,20). The van der Waals surface area contributed by atoms with E-state index in [0.717, 1.165) is 11.3 Å². The molecule has 0 saturated heterocycles. The molecule has 0 aliphatic rings. The molecule has 2 rings (SSSR count). The number of benzene rings is 1. The summed E-state index contributed by atoms with van der Waals surface area (Å²) in [7, 11) is 0. The predicted molar refractivity (Wildman–Crippen MR) is 85.6 cm³/mol. The molecule has 2 aromatic rings. The van der Waals surface area contributed by atoms with Gasteiger partial charge < -0.3 is 5.32 Å². The average molecular weight is 331 g/mol. The van der Waals surface area contributed by atoms with Crippen LogP contribution in [-0.2, 0) is 0 Å². The third-order valence-corrected chi connectivity index (χ3v) is 3.55. The lowest BCUT2D eigenvalue weighted by molar-refractivity contribution is 0.773. The van der Waals surface area contributed by atoms with E-state index in [1.54, 1.807) is 18.2 Å². The van der Waals surface area contributed by atoms with Crippen LogP contribution >= 0.6 is 34.8 Å². The van der Waals surface area contributed by atoms with Crippen molar-refractivity contribution < 1.29 is 0 Å². The van der Waals surface area contributed by atoms with E-state index in [-0.39, 0.29) is 5.92 Å². The SMILES string of the molecule is Cc1c(Cl)nc(C(C)C)nc1Nc1cc(Cl)cc(Cl)c1. The monoisotopic (exact) mass is 329 g/mol. The lowest BCUT2D eigenvalue weighted by atomic mass is 10.2. The quantitative estimate of drug-likeness (QED) is 0.743. The van der Waals surface area contributed by atoms with Crippen molar-refractivity contribution in [2.45, 2.75) is 26.7 Å². The molecule has 1 heterocycles. The van der Waals surface area contributed by atoms with Gasteiger partial charge in [-0.25, -0.2) is 9.97 Å². The number of nitrogens with zero attached hydrogens (tertiary/aromatic N) is 2. The van der Waals surface area contributed by atoms with Gasteiger partial charge in [0, 0.05) is 27.2 Å². The zero-order valence-corrected chi connectivity index (χ0v) is 13.6. The minimum atomic E-state index is 0.191. The molecule has 0 bridgehead atoms. The maximum absolute atomic E-state index is 6.15. The minimum absolute atomic E-state index is 0.191. The molecule has 1 aromatic carbocycles. The van der Waals surface area contributed by atoms with E-state index >= 15 is 0 Å². The van der Waals surface area contributed by atoms with Crippen molar-refractivity contribution in [1.29, 1.82) is 0 Å². The van der Waals surface area contributed by atoms with Gasteiger partial charge >= 0.3 is 0 Å². The van der Waals surface area contributed by atoms with E-state index in [1.807, 2.05) is 20.8 Å². The van der Waals surface area contributed by atoms with Gasteiger partial charge in [0.1, 0.15) is 16.8 Å². The van der Waals surface area contributed by atoms with Gasteiger partial charge in [-0.05, 0) is 25.1 Å². The number of rotatable bonds is 3. The van der Waals surface area contributed by atoms with E-state index in [0.29, 0.717) is 26.8 Å². The Morgan fingerprint density at radius 2 is 1.60 bits per heavy atom. The van der Waals surface area contributed by atoms with Crippen LogP contribution in [0.2, 0.25) is 15.2 Å². The Labute approximate surface area is 133 Å². The summed E-state index contributed by atoms with van der Waals surface area (Å²) in [6.45, 7) is 5.89. The molecule has 0 aliphatic carbocycles. The third kappa shape index (κ3) is 3.54. The Kier molecular flexibility index (Phi) is 4.74. The Morgan fingerprint density at radius 1 is 1.00 bits per heavy atom. The molecular formula is C14H14Cl3N3. The zero-order chi connectivity index (χ0) is 14.9. The van der Waals surface area contributed by atoms with Gasteiger partial charge in [0.25, 0.3) is 0 Å². The molecule has 106 valence electrons. The van der Waals surface area contributed by atoms with Crippen LogP contribution in [0.5, 0.6) is 0 Å². The van der Waals surface area contributed by atoms with Gasteiger partial charge in [-0.3, -0.25) is 0 Å². The predicted octanol–water partition coefficient (Wildman–Crippen LogP) is 5.61. The summed E-state index contributed by atoms with van der Waals surface area (Å²) in [5.41, 5.74) is 1.54. The topological polar surface area (TPSA) is 37.8 Å². The maximum Gasteiger partial charge on any atom is 0.138 e. The van der Waals surface area contributed by atoms with Gasteiger partial charge in [0.05, 0.1) is 0 Å². The first-order valence-electron chi connectivity index (χ1n) is 6.14. The van der Waals surface area contributed by atoms with E-state index in [1.165, 1.54) is 0 Å². The Balaban J connectivity index is 2.42. The van der Waals surface area contributed by atoms with Crippen molar-refractivity contribution in [2.24, 2.45) is 0 Å². The lowest BCUT2D eigenvalue weighted by Crippen LogP contribution is -2.05. The van der Waals surface area contributed by atoms with Gasteiger partial charge in [-0.1, -0.05) is 48.7 Å². The van der Waals surface area contributed by atoms with Crippen LogP contribution in [0.4, 0.5) is 11.5 Å². The van der Waals surface area contributed by atoms with Crippen molar-refractivity contribution in [1.82, 2.24) is 9.97 Å². The van der Waals surface area contributed by atoms with E-state index < -0.39 is 0 Å². The second-order valence-electron chi connectivity index (χ2n) is 4.78. The summed E-state index contributed by atoms with van der Waals surface area (Å²) < 4.78 is 0. The van der Waals surface area contributed by atoms with Crippen LogP contribution in [0.25, 0.3) is 0 Å². The summed E-state index contributed by atoms with van der Waals surface area (Å²) >= 11 is 18.1. The van der Waals surface area contributed by atoms with Crippen LogP contribution in [0.3, 0.4) is 0 Å². The van der Waals surface area contributed by atoms with Crippen LogP contribution in [0.15, 0.2) is 18.2 Å². The van der Waals surface area contributed by atoms with Crippen molar-refractivity contribution in [2.75, 3.05) is 5.32 Å². The molecule has 0 fully saturated rings. The Hall–Kier alpha value is -1.03. The molecule has 0 atom stereocenters. The smallest absolute Gasteiger partial charge is 0.138 e. The zero-order valence-electron chi connectivity index (χ0n) is 11.3. The molecule has 0 amide bonds. The third-order valence-electron chi connectivity index (χ3n) is 2.75. The number of aromatic nitrogens is 2. The highest BCUT2D eigenvalue weighted by Gasteiger charge is 2.12. The van der Waals surface area contributed by atoms with Crippen molar-refractivity contribution in [3.05, 3.63) is 44.8 Å². The van der Waals surface area contributed by atoms with Crippen LogP contribution in [0.1, 0.15) is 31.2 Å².